The molecule has 4 N–H and O–H groups in total. The molecule has 3 amide bonds. The Morgan fingerprint density at radius 2 is 1.90 bits per heavy atom. The molecule has 1 atom stereocenters. The van der Waals surface area contributed by atoms with E-state index >= 15 is 0 Å². The van der Waals surface area contributed by atoms with Gasteiger partial charge in [-0.1, -0.05) is 6.07 Å². The molecule has 1 aromatic carbocycles. The van der Waals surface area contributed by atoms with Gasteiger partial charge in [0.05, 0.1) is 11.1 Å². The van der Waals surface area contributed by atoms with Crippen LogP contribution in [0.5, 0.6) is 5.75 Å². The topological polar surface area (TPSA) is 138 Å². The number of carbonyl (C=O) groups excluding carboxylic acids is 3. The van der Waals surface area contributed by atoms with Gasteiger partial charge in [0.2, 0.25) is 5.91 Å². The van der Waals surface area contributed by atoms with E-state index in [9.17, 15) is 24.3 Å². The number of imide groups is 1. The Hall–Kier alpha value is -2.90. The second kappa shape index (κ2) is 5.23. The van der Waals surface area contributed by atoms with E-state index in [1.807, 2.05) is 0 Å². The molecule has 1 unspecified atom stereocenters. The summed E-state index contributed by atoms with van der Waals surface area (Å²) in [5.41, 5.74) is 4.91. The van der Waals surface area contributed by atoms with Crippen molar-refractivity contribution < 1.29 is 29.4 Å². The molecule has 0 aliphatic carbocycles. The van der Waals surface area contributed by atoms with Gasteiger partial charge in [0, 0.05) is 6.42 Å². The van der Waals surface area contributed by atoms with Crippen molar-refractivity contribution in [1.82, 2.24) is 4.90 Å². The maximum absolute atomic E-state index is 12.2. The summed E-state index contributed by atoms with van der Waals surface area (Å²) in [6.07, 6.45) is -0.704. The van der Waals surface area contributed by atoms with E-state index in [1.165, 1.54) is 18.2 Å². The van der Waals surface area contributed by atoms with Crippen molar-refractivity contribution >= 4 is 23.7 Å². The smallest absolute Gasteiger partial charge is 0.303 e. The number of carboxylic acids is 1. The number of fused-ring (bicyclic) bond motifs is 1. The molecule has 1 aromatic rings. The zero-order valence-electron chi connectivity index (χ0n) is 10.8. The number of amides is 3. The Morgan fingerprint density at radius 1 is 1.24 bits per heavy atom. The molecular weight excluding hydrogens is 280 g/mol. The lowest BCUT2D eigenvalue weighted by molar-refractivity contribution is -0.137. The van der Waals surface area contributed by atoms with Gasteiger partial charge >= 0.3 is 5.97 Å². The Morgan fingerprint density at radius 3 is 2.43 bits per heavy atom. The van der Waals surface area contributed by atoms with Crippen LogP contribution in [0.4, 0.5) is 0 Å². The van der Waals surface area contributed by atoms with Gasteiger partial charge in [0.15, 0.2) is 0 Å². The van der Waals surface area contributed by atoms with Crippen LogP contribution in [-0.2, 0) is 9.59 Å². The molecule has 1 aliphatic rings. The van der Waals surface area contributed by atoms with E-state index in [0.717, 1.165) is 0 Å². The number of phenols is 1. The van der Waals surface area contributed by atoms with Crippen LogP contribution in [-0.4, -0.2) is 44.8 Å². The molecule has 0 aromatic heterocycles. The van der Waals surface area contributed by atoms with Crippen LogP contribution in [0.25, 0.3) is 0 Å². The zero-order chi connectivity index (χ0) is 15.7. The highest BCUT2D eigenvalue weighted by molar-refractivity contribution is 6.24. The van der Waals surface area contributed by atoms with Gasteiger partial charge in [-0.25, -0.2) is 0 Å². The molecule has 110 valence electrons. The number of hydrogen-bond acceptors (Lipinski definition) is 5. The predicted octanol–water partition coefficient (Wildman–Crippen LogP) is -0.293. The van der Waals surface area contributed by atoms with Crippen molar-refractivity contribution in [3.05, 3.63) is 29.3 Å². The van der Waals surface area contributed by atoms with Gasteiger partial charge < -0.3 is 15.9 Å². The number of primary amides is 1. The summed E-state index contributed by atoms with van der Waals surface area (Å²) < 4.78 is 0. The molecule has 0 radical (unpaired) electrons. The van der Waals surface area contributed by atoms with Crippen LogP contribution in [0, 0.1) is 0 Å². The Bertz CT molecular complexity index is 654. The number of aliphatic carboxylic acids is 1. The molecular formula is C13H12N2O6. The normalized spacial score (nSPS) is 15.0. The van der Waals surface area contributed by atoms with Crippen molar-refractivity contribution in [1.29, 1.82) is 0 Å². The summed E-state index contributed by atoms with van der Waals surface area (Å²) >= 11 is 0. The van der Waals surface area contributed by atoms with Crippen molar-refractivity contribution in [2.75, 3.05) is 0 Å². The number of phenolic OH excluding ortho intramolecular Hbond substituents is 1. The predicted molar refractivity (Wildman–Crippen MR) is 68.5 cm³/mol. The lowest BCUT2D eigenvalue weighted by Gasteiger charge is -2.22. The minimum atomic E-state index is -1.37. The van der Waals surface area contributed by atoms with Gasteiger partial charge in [0.1, 0.15) is 11.8 Å². The van der Waals surface area contributed by atoms with Crippen LogP contribution in [0.2, 0.25) is 0 Å². The Balaban J connectivity index is 2.38. The van der Waals surface area contributed by atoms with Crippen LogP contribution in [0.1, 0.15) is 33.6 Å². The summed E-state index contributed by atoms with van der Waals surface area (Å²) in [6, 6.07) is 2.60. The number of carbonyl (C=O) groups is 4. The quantitative estimate of drug-likeness (QED) is 0.637. The number of nitrogens with two attached hydrogens (primary N) is 1. The summed E-state index contributed by atoms with van der Waals surface area (Å²) in [7, 11) is 0. The Kier molecular flexibility index (Phi) is 3.62. The van der Waals surface area contributed by atoms with E-state index in [0.29, 0.717) is 4.90 Å². The van der Waals surface area contributed by atoms with Crippen molar-refractivity contribution in [3.8, 4) is 5.75 Å². The standard InChI is InChI=1S/C13H12N2O6/c14-11(19)7(4-5-9(17)18)15-12(20)6-2-1-3-8(16)10(6)13(15)21/h1-3,7,16H,4-5H2,(H2,14,19)(H,17,18). The van der Waals surface area contributed by atoms with Crippen LogP contribution >= 0.6 is 0 Å². The highest BCUT2D eigenvalue weighted by atomic mass is 16.4. The van der Waals surface area contributed by atoms with E-state index in [-0.39, 0.29) is 23.3 Å². The van der Waals surface area contributed by atoms with Crippen LogP contribution in [0.15, 0.2) is 18.2 Å². The number of nitrogens with zero attached hydrogens (tertiary/aromatic N) is 1. The number of hydrogen-bond donors (Lipinski definition) is 3. The van der Waals surface area contributed by atoms with E-state index < -0.39 is 36.2 Å². The molecule has 0 fully saturated rings. The van der Waals surface area contributed by atoms with E-state index in [4.69, 9.17) is 10.8 Å². The number of rotatable bonds is 5. The highest BCUT2D eigenvalue weighted by Gasteiger charge is 2.43. The highest BCUT2D eigenvalue weighted by Crippen LogP contribution is 2.31. The first kappa shape index (κ1) is 14.5. The molecule has 0 spiro atoms. The molecule has 1 heterocycles. The molecule has 8 nitrogen and oxygen atoms in total. The average molecular weight is 292 g/mol. The van der Waals surface area contributed by atoms with Crippen molar-refractivity contribution in [2.24, 2.45) is 5.73 Å². The second-order valence-electron chi connectivity index (χ2n) is 4.53. The SMILES string of the molecule is NC(=O)C(CCC(=O)O)N1C(=O)c2cccc(O)c2C1=O. The minimum absolute atomic E-state index is 0.0402. The molecule has 0 saturated heterocycles. The van der Waals surface area contributed by atoms with E-state index in [1.54, 1.807) is 0 Å². The maximum Gasteiger partial charge on any atom is 0.303 e. The third kappa shape index (κ3) is 2.42. The molecule has 0 bridgehead atoms. The maximum atomic E-state index is 12.2. The van der Waals surface area contributed by atoms with Crippen molar-refractivity contribution in [3.63, 3.8) is 0 Å². The lowest BCUT2D eigenvalue weighted by Crippen LogP contribution is -2.48. The van der Waals surface area contributed by atoms with Crippen LogP contribution in [0.3, 0.4) is 0 Å². The molecule has 1 aliphatic heterocycles. The lowest BCUT2D eigenvalue weighted by atomic mass is 10.1. The third-order valence-corrected chi connectivity index (χ3v) is 3.20. The van der Waals surface area contributed by atoms with E-state index in [2.05, 4.69) is 0 Å². The van der Waals surface area contributed by atoms with Crippen LogP contribution < -0.4 is 5.73 Å². The number of aromatic hydroxyl groups is 1. The fourth-order valence-corrected chi connectivity index (χ4v) is 2.23. The molecule has 8 heteroatoms. The third-order valence-electron chi connectivity index (χ3n) is 3.20. The summed E-state index contributed by atoms with van der Waals surface area (Å²) in [6.45, 7) is 0. The Labute approximate surface area is 118 Å². The molecule has 21 heavy (non-hydrogen) atoms. The average Bonchev–Trinajstić information content (AvgIpc) is 2.64. The summed E-state index contributed by atoms with van der Waals surface area (Å²) in [5, 5.41) is 18.3. The fraction of sp³-hybridized carbons (Fsp3) is 0.231. The number of carboxylic acid groups (broad SMARTS) is 1. The largest absolute Gasteiger partial charge is 0.507 e. The van der Waals surface area contributed by atoms with Gasteiger partial charge in [-0.15, -0.1) is 0 Å². The first-order valence-electron chi connectivity index (χ1n) is 6.05. The number of benzene rings is 1. The summed E-state index contributed by atoms with van der Waals surface area (Å²) in [5.74, 6) is -4.18. The van der Waals surface area contributed by atoms with Gasteiger partial charge in [-0.3, -0.25) is 24.1 Å². The molecule has 0 saturated carbocycles. The summed E-state index contributed by atoms with van der Waals surface area (Å²) in [4.78, 5) is 47.0. The second-order valence-corrected chi connectivity index (χ2v) is 4.53. The first-order chi connectivity index (χ1) is 9.84. The van der Waals surface area contributed by atoms with Gasteiger partial charge in [-0.05, 0) is 18.6 Å². The first-order valence-corrected chi connectivity index (χ1v) is 6.05. The fourth-order valence-electron chi connectivity index (χ4n) is 2.23. The van der Waals surface area contributed by atoms with Crippen molar-refractivity contribution in [2.45, 2.75) is 18.9 Å². The minimum Gasteiger partial charge on any atom is -0.507 e. The monoisotopic (exact) mass is 292 g/mol. The zero-order valence-corrected chi connectivity index (χ0v) is 10.8. The van der Waals surface area contributed by atoms with Gasteiger partial charge in [-0.2, -0.15) is 0 Å². The van der Waals surface area contributed by atoms with Gasteiger partial charge in [0.25, 0.3) is 11.8 Å². The molecule has 2 rings (SSSR count).